The van der Waals surface area contributed by atoms with Crippen molar-refractivity contribution in [2.45, 2.75) is 26.0 Å². The zero-order chi connectivity index (χ0) is 24.0. The van der Waals surface area contributed by atoms with Crippen LogP contribution in [0, 0.1) is 11.7 Å². The first kappa shape index (κ1) is 24.5. The molecule has 3 rings (SSSR count). The van der Waals surface area contributed by atoms with Gasteiger partial charge in [0.25, 0.3) is 5.91 Å². The van der Waals surface area contributed by atoms with E-state index in [0.717, 1.165) is 6.54 Å². The number of nitrogens with one attached hydrogen (secondary N) is 3. The minimum atomic E-state index is -0.608. The van der Waals surface area contributed by atoms with Crippen LogP contribution < -0.4 is 20.7 Å². The highest BCUT2D eigenvalue weighted by atomic mass is 19.1. The van der Waals surface area contributed by atoms with Crippen LogP contribution in [0.2, 0.25) is 0 Å². The molecule has 0 fully saturated rings. The fraction of sp³-hybridized carbons (Fsp3) is 0.417. The van der Waals surface area contributed by atoms with Gasteiger partial charge in [-0.15, -0.1) is 0 Å². The molecule has 0 aliphatic carbocycles. The van der Waals surface area contributed by atoms with E-state index < -0.39 is 11.8 Å². The Bertz CT molecular complexity index is 987. The number of methoxy groups -OCH3 is 1. The number of para-hydroxylation sites is 1. The average Bonchev–Trinajstić information content (AvgIpc) is 2.80. The summed E-state index contributed by atoms with van der Waals surface area (Å²) in [6, 6.07) is 10.1. The summed E-state index contributed by atoms with van der Waals surface area (Å²) in [4.78, 5) is 27.1. The SMILES string of the molecule is CO[C@@H]1CN(C)C(=O)c2ccc(NC(=O)Nc3ccccc3F)cc2OC[C@@H](C)NC[C@@H]1C. The van der Waals surface area contributed by atoms with Crippen molar-refractivity contribution >= 4 is 23.3 Å². The second-order valence-electron chi connectivity index (χ2n) is 8.33. The predicted octanol–water partition coefficient (Wildman–Crippen LogP) is 3.56. The van der Waals surface area contributed by atoms with Crippen LogP contribution in [0.4, 0.5) is 20.6 Å². The van der Waals surface area contributed by atoms with Crippen molar-refractivity contribution < 1.29 is 23.5 Å². The molecular weight excluding hydrogens is 427 g/mol. The highest BCUT2D eigenvalue weighted by Gasteiger charge is 2.25. The van der Waals surface area contributed by atoms with E-state index in [-0.39, 0.29) is 29.7 Å². The summed E-state index contributed by atoms with van der Waals surface area (Å²) in [7, 11) is 3.37. The van der Waals surface area contributed by atoms with Gasteiger partial charge in [0, 0.05) is 45.0 Å². The van der Waals surface area contributed by atoms with E-state index >= 15 is 0 Å². The number of anilines is 2. The summed E-state index contributed by atoms with van der Waals surface area (Å²) in [5, 5.41) is 8.55. The van der Waals surface area contributed by atoms with Gasteiger partial charge in [0.15, 0.2) is 0 Å². The third-order valence-electron chi connectivity index (χ3n) is 5.61. The Hall–Kier alpha value is -3.17. The predicted molar refractivity (Wildman–Crippen MR) is 125 cm³/mol. The molecule has 0 spiro atoms. The van der Waals surface area contributed by atoms with E-state index in [9.17, 15) is 14.0 Å². The Morgan fingerprint density at radius 2 is 1.97 bits per heavy atom. The maximum Gasteiger partial charge on any atom is 0.323 e. The lowest BCUT2D eigenvalue weighted by Gasteiger charge is -2.30. The number of hydrogen-bond donors (Lipinski definition) is 3. The average molecular weight is 459 g/mol. The second-order valence-corrected chi connectivity index (χ2v) is 8.33. The molecular formula is C24H31FN4O4. The van der Waals surface area contributed by atoms with E-state index in [1.54, 1.807) is 49.4 Å². The highest BCUT2D eigenvalue weighted by molar-refractivity contribution is 6.01. The Balaban J connectivity index is 1.81. The van der Waals surface area contributed by atoms with Crippen molar-refractivity contribution in [3.05, 3.63) is 53.8 Å². The zero-order valence-electron chi connectivity index (χ0n) is 19.4. The summed E-state index contributed by atoms with van der Waals surface area (Å²) >= 11 is 0. The number of amides is 3. The van der Waals surface area contributed by atoms with E-state index in [1.807, 2.05) is 6.92 Å². The van der Waals surface area contributed by atoms with Crippen molar-refractivity contribution in [1.29, 1.82) is 0 Å². The molecule has 0 radical (unpaired) electrons. The molecule has 9 heteroatoms. The largest absolute Gasteiger partial charge is 0.491 e. The van der Waals surface area contributed by atoms with Crippen LogP contribution in [0.5, 0.6) is 5.75 Å². The fourth-order valence-electron chi connectivity index (χ4n) is 3.58. The molecule has 0 aromatic heterocycles. The summed E-state index contributed by atoms with van der Waals surface area (Å²) in [5.41, 5.74) is 0.859. The molecule has 1 heterocycles. The van der Waals surface area contributed by atoms with Gasteiger partial charge in [-0.05, 0) is 37.1 Å². The van der Waals surface area contributed by atoms with Crippen LogP contribution in [0.1, 0.15) is 24.2 Å². The van der Waals surface area contributed by atoms with Crippen molar-refractivity contribution in [1.82, 2.24) is 10.2 Å². The molecule has 178 valence electrons. The number of halogens is 1. The molecule has 0 bridgehead atoms. The lowest BCUT2D eigenvalue weighted by Crippen LogP contribution is -2.44. The van der Waals surface area contributed by atoms with Crippen LogP contribution in [-0.2, 0) is 4.74 Å². The first-order chi connectivity index (χ1) is 15.8. The number of urea groups is 1. The monoisotopic (exact) mass is 458 g/mol. The summed E-state index contributed by atoms with van der Waals surface area (Å²) in [6.45, 7) is 5.56. The molecule has 2 aromatic rings. The molecule has 1 aliphatic heterocycles. The smallest absolute Gasteiger partial charge is 0.323 e. The number of hydrogen-bond acceptors (Lipinski definition) is 5. The van der Waals surface area contributed by atoms with Gasteiger partial charge in [0.2, 0.25) is 0 Å². The molecule has 1 aliphatic rings. The lowest BCUT2D eigenvalue weighted by atomic mass is 10.0. The van der Waals surface area contributed by atoms with Crippen LogP contribution in [0.15, 0.2) is 42.5 Å². The number of fused-ring (bicyclic) bond motifs is 1. The first-order valence-corrected chi connectivity index (χ1v) is 10.9. The number of benzene rings is 2. The zero-order valence-corrected chi connectivity index (χ0v) is 19.4. The number of ether oxygens (including phenoxy) is 2. The summed E-state index contributed by atoms with van der Waals surface area (Å²) in [6.07, 6.45) is -0.120. The van der Waals surface area contributed by atoms with E-state index in [2.05, 4.69) is 22.9 Å². The Morgan fingerprint density at radius 1 is 1.21 bits per heavy atom. The lowest BCUT2D eigenvalue weighted by molar-refractivity contribution is 0.0281. The van der Waals surface area contributed by atoms with Crippen LogP contribution in [0.25, 0.3) is 0 Å². The Labute approximate surface area is 193 Å². The number of likely N-dealkylation sites (N-methyl/N-ethyl adjacent to an activating group) is 1. The highest BCUT2D eigenvalue weighted by Crippen LogP contribution is 2.26. The molecule has 0 saturated heterocycles. The maximum absolute atomic E-state index is 13.8. The molecule has 33 heavy (non-hydrogen) atoms. The molecule has 3 N–H and O–H groups in total. The Kier molecular flexibility index (Phi) is 8.24. The molecule has 3 atom stereocenters. The third kappa shape index (κ3) is 6.43. The summed E-state index contributed by atoms with van der Waals surface area (Å²) < 4.78 is 25.4. The number of carbonyl (C=O) groups excluding carboxylic acids is 2. The van der Waals surface area contributed by atoms with E-state index in [1.165, 1.54) is 12.1 Å². The fourth-order valence-corrected chi connectivity index (χ4v) is 3.58. The normalized spacial score (nSPS) is 21.8. The van der Waals surface area contributed by atoms with Gasteiger partial charge in [-0.25, -0.2) is 9.18 Å². The number of carbonyl (C=O) groups is 2. The van der Waals surface area contributed by atoms with E-state index in [0.29, 0.717) is 30.2 Å². The van der Waals surface area contributed by atoms with Crippen molar-refractivity contribution in [2.75, 3.05) is 44.5 Å². The molecule has 0 saturated carbocycles. The van der Waals surface area contributed by atoms with Gasteiger partial charge in [0.1, 0.15) is 18.2 Å². The summed E-state index contributed by atoms with van der Waals surface area (Å²) in [5.74, 6) is -0.187. The van der Waals surface area contributed by atoms with Gasteiger partial charge >= 0.3 is 6.03 Å². The third-order valence-corrected chi connectivity index (χ3v) is 5.61. The van der Waals surface area contributed by atoms with Crippen molar-refractivity contribution in [2.24, 2.45) is 5.92 Å². The van der Waals surface area contributed by atoms with Gasteiger partial charge in [-0.2, -0.15) is 0 Å². The minimum absolute atomic E-state index is 0.0334. The van der Waals surface area contributed by atoms with Crippen LogP contribution in [-0.4, -0.2) is 62.8 Å². The topological polar surface area (TPSA) is 91.9 Å². The number of rotatable bonds is 3. The van der Waals surface area contributed by atoms with Crippen molar-refractivity contribution in [3.63, 3.8) is 0 Å². The number of nitrogens with zero attached hydrogens (tertiary/aromatic N) is 1. The molecule has 8 nitrogen and oxygen atoms in total. The minimum Gasteiger partial charge on any atom is -0.491 e. The van der Waals surface area contributed by atoms with Crippen LogP contribution >= 0.6 is 0 Å². The van der Waals surface area contributed by atoms with Gasteiger partial charge in [-0.3, -0.25) is 4.79 Å². The second kappa shape index (κ2) is 11.1. The van der Waals surface area contributed by atoms with Crippen LogP contribution in [0.3, 0.4) is 0 Å². The van der Waals surface area contributed by atoms with Crippen molar-refractivity contribution in [3.8, 4) is 5.75 Å². The van der Waals surface area contributed by atoms with Gasteiger partial charge in [-0.1, -0.05) is 19.1 Å². The first-order valence-electron chi connectivity index (χ1n) is 10.9. The van der Waals surface area contributed by atoms with E-state index in [4.69, 9.17) is 9.47 Å². The van der Waals surface area contributed by atoms with Gasteiger partial charge in [0.05, 0.1) is 17.4 Å². The standard InChI is InChI=1S/C24H31FN4O4/c1-15-12-26-16(2)14-33-21-11-17(27-24(31)28-20-8-6-5-7-19(20)25)9-10-18(21)23(30)29(3)13-22(15)32-4/h5-11,15-16,22,26H,12-14H2,1-4H3,(H2,27,28,31)/t15-,16+,22+/m0/s1. The molecule has 2 aromatic carbocycles. The quantitative estimate of drug-likeness (QED) is 0.654. The maximum atomic E-state index is 13.8. The molecule has 0 unspecified atom stereocenters. The Morgan fingerprint density at radius 3 is 2.70 bits per heavy atom. The van der Waals surface area contributed by atoms with Gasteiger partial charge < -0.3 is 30.3 Å². The molecule has 3 amide bonds.